The van der Waals surface area contributed by atoms with Gasteiger partial charge >= 0.3 is 5.76 Å². The fourth-order valence-electron chi connectivity index (χ4n) is 4.20. The summed E-state index contributed by atoms with van der Waals surface area (Å²) in [5.41, 5.74) is -1.13. The molecule has 0 aliphatic carbocycles. The van der Waals surface area contributed by atoms with Crippen LogP contribution in [0.25, 0.3) is 11.0 Å². The standard InChI is InChI=1S/C24H32FN5O3/c1-5-10-30-11-8-24(15-26,9-12-30)29-21(31)18(14-23(2,3)4)27-20-17-7-6-16(25)13-19(17)33-22(32)28-20/h6-7,13,18H,5,8-12,14H2,1-4H3,(H,29,31)(H,27,28,32). The van der Waals surface area contributed by atoms with Gasteiger partial charge in [0.2, 0.25) is 5.91 Å². The average Bonchev–Trinajstić information content (AvgIpc) is 2.73. The first-order chi connectivity index (χ1) is 15.5. The number of nitriles is 1. The maximum Gasteiger partial charge on any atom is 0.441 e. The van der Waals surface area contributed by atoms with E-state index in [9.17, 15) is 19.2 Å². The fourth-order valence-corrected chi connectivity index (χ4v) is 4.20. The van der Waals surface area contributed by atoms with Crippen LogP contribution in [-0.2, 0) is 4.79 Å². The van der Waals surface area contributed by atoms with E-state index in [1.54, 1.807) is 0 Å². The molecule has 0 bridgehead atoms. The highest BCUT2D eigenvalue weighted by Gasteiger charge is 2.38. The first kappa shape index (κ1) is 24.6. The number of nitrogens with zero attached hydrogens (tertiary/aromatic N) is 3. The number of aromatic nitrogens is 1. The fraction of sp³-hybridized carbons (Fsp3) is 0.583. The van der Waals surface area contributed by atoms with E-state index in [1.807, 2.05) is 20.8 Å². The summed E-state index contributed by atoms with van der Waals surface area (Å²) in [6.45, 7) is 10.6. The Kier molecular flexibility index (Phi) is 7.38. The third-order valence-electron chi connectivity index (χ3n) is 5.87. The Morgan fingerprint density at radius 1 is 1.36 bits per heavy atom. The number of nitrogens with one attached hydrogen (secondary N) is 2. The Bertz CT molecular complexity index is 1090. The van der Waals surface area contributed by atoms with Gasteiger partial charge in [-0.1, -0.05) is 27.7 Å². The Hall–Kier alpha value is -2.99. The molecular weight excluding hydrogens is 425 g/mol. The van der Waals surface area contributed by atoms with Crippen molar-refractivity contribution in [1.82, 2.24) is 15.2 Å². The van der Waals surface area contributed by atoms with Crippen molar-refractivity contribution in [2.24, 2.45) is 5.41 Å². The minimum atomic E-state index is -0.937. The van der Waals surface area contributed by atoms with E-state index in [4.69, 9.17) is 4.42 Å². The van der Waals surface area contributed by atoms with Gasteiger partial charge in [-0.3, -0.25) is 4.79 Å². The van der Waals surface area contributed by atoms with E-state index in [0.29, 0.717) is 24.6 Å². The van der Waals surface area contributed by atoms with Gasteiger partial charge in [0.25, 0.3) is 0 Å². The number of likely N-dealkylation sites (tertiary alicyclic amines) is 1. The molecule has 1 aromatic carbocycles. The summed E-state index contributed by atoms with van der Waals surface area (Å²) in [5.74, 6) is -1.62. The van der Waals surface area contributed by atoms with Gasteiger partial charge in [0.05, 0.1) is 11.5 Å². The summed E-state index contributed by atoms with van der Waals surface area (Å²) in [6, 6.07) is 5.37. The van der Waals surface area contributed by atoms with E-state index < -0.39 is 23.2 Å². The van der Waals surface area contributed by atoms with Gasteiger partial charge < -0.3 is 20.0 Å². The number of hydrogen-bond donors (Lipinski definition) is 2. The van der Waals surface area contributed by atoms with Crippen molar-refractivity contribution < 1.29 is 13.6 Å². The maximum absolute atomic E-state index is 13.6. The molecule has 0 saturated carbocycles. The van der Waals surface area contributed by atoms with Gasteiger partial charge in [0, 0.05) is 19.2 Å². The first-order valence-electron chi connectivity index (χ1n) is 11.4. The molecule has 0 radical (unpaired) electrons. The highest BCUT2D eigenvalue weighted by molar-refractivity contribution is 5.91. The van der Waals surface area contributed by atoms with Crippen LogP contribution in [0.3, 0.4) is 0 Å². The number of amides is 1. The van der Waals surface area contributed by atoms with Crippen molar-refractivity contribution in [2.45, 2.75) is 65.0 Å². The molecule has 1 aliphatic rings. The second-order valence-electron chi connectivity index (χ2n) is 9.96. The lowest BCUT2D eigenvalue weighted by molar-refractivity contribution is -0.124. The highest BCUT2D eigenvalue weighted by Crippen LogP contribution is 2.28. The van der Waals surface area contributed by atoms with Gasteiger partial charge in [-0.15, -0.1) is 0 Å². The summed E-state index contributed by atoms with van der Waals surface area (Å²) >= 11 is 0. The minimum Gasteiger partial charge on any atom is -0.408 e. The zero-order chi connectivity index (χ0) is 24.2. The zero-order valence-corrected chi connectivity index (χ0v) is 19.7. The summed E-state index contributed by atoms with van der Waals surface area (Å²) in [5, 5.41) is 16.4. The minimum absolute atomic E-state index is 0.0456. The number of anilines is 1. The molecule has 2 aromatic rings. The van der Waals surface area contributed by atoms with Crippen LogP contribution in [0.15, 0.2) is 27.4 Å². The van der Waals surface area contributed by atoms with Crippen LogP contribution in [0, 0.1) is 22.6 Å². The number of rotatable bonds is 7. The smallest absolute Gasteiger partial charge is 0.408 e. The molecule has 1 saturated heterocycles. The largest absolute Gasteiger partial charge is 0.441 e. The molecule has 1 amide bonds. The quantitative estimate of drug-likeness (QED) is 0.655. The molecule has 9 heteroatoms. The summed E-state index contributed by atoms with van der Waals surface area (Å²) < 4.78 is 18.6. The Labute approximate surface area is 193 Å². The Morgan fingerprint density at radius 2 is 2.06 bits per heavy atom. The van der Waals surface area contributed by atoms with E-state index in [2.05, 4.69) is 33.5 Å². The molecule has 1 unspecified atom stereocenters. The number of halogens is 1. The maximum atomic E-state index is 13.6. The van der Waals surface area contributed by atoms with Crippen LogP contribution in [0.4, 0.5) is 10.2 Å². The number of hydrogen-bond acceptors (Lipinski definition) is 7. The van der Waals surface area contributed by atoms with E-state index in [0.717, 1.165) is 32.1 Å². The SMILES string of the molecule is CCCN1CCC(C#N)(NC(=O)C(CC(C)(C)C)Nc2nc(=O)oc3cc(F)ccc23)CC1. The van der Waals surface area contributed by atoms with Crippen LogP contribution < -0.4 is 16.4 Å². The normalized spacial score (nSPS) is 17.3. The van der Waals surface area contributed by atoms with Crippen molar-refractivity contribution in [3.05, 3.63) is 34.6 Å². The molecular formula is C24H32FN5O3. The molecule has 1 aromatic heterocycles. The van der Waals surface area contributed by atoms with E-state index in [-0.39, 0.29) is 22.7 Å². The molecule has 33 heavy (non-hydrogen) atoms. The zero-order valence-electron chi connectivity index (χ0n) is 19.7. The molecule has 3 rings (SSSR count). The number of carbonyl (C=O) groups excluding carboxylic acids is 1. The van der Waals surface area contributed by atoms with Crippen LogP contribution in [0.1, 0.15) is 53.4 Å². The van der Waals surface area contributed by atoms with Gasteiger partial charge in [-0.25, -0.2) is 9.18 Å². The lowest BCUT2D eigenvalue weighted by Crippen LogP contribution is -2.57. The topological polar surface area (TPSA) is 111 Å². The monoisotopic (exact) mass is 457 g/mol. The van der Waals surface area contributed by atoms with Crippen LogP contribution in [-0.4, -0.2) is 47.0 Å². The Balaban J connectivity index is 1.86. The third-order valence-corrected chi connectivity index (χ3v) is 5.87. The van der Waals surface area contributed by atoms with Crippen molar-refractivity contribution in [2.75, 3.05) is 25.0 Å². The van der Waals surface area contributed by atoms with Gasteiger partial charge in [-0.05, 0) is 49.8 Å². The molecule has 8 nitrogen and oxygen atoms in total. The predicted octanol–water partition coefficient (Wildman–Crippen LogP) is 3.43. The van der Waals surface area contributed by atoms with E-state index in [1.165, 1.54) is 12.1 Å². The van der Waals surface area contributed by atoms with Crippen LogP contribution in [0.2, 0.25) is 0 Å². The number of carbonyl (C=O) groups is 1. The summed E-state index contributed by atoms with van der Waals surface area (Å²) in [4.78, 5) is 31.6. The number of piperidine rings is 1. The van der Waals surface area contributed by atoms with Gasteiger partial charge in [0.15, 0.2) is 0 Å². The third kappa shape index (κ3) is 6.29. The molecule has 1 fully saturated rings. The average molecular weight is 458 g/mol. The molecule has 1 aliphatic heterocycles. The summed E-state index contributed by atoms with van der Waals surface area (Å²) in [7, 11) is 0. The molecule has 2 heterocycles. The predicted molar refractivity (Wildman–Crippen MR) is 124 cm³/mol. The van der Waals surface area contributed by atoms with Crippen molar-refractivity contribution in [3.8, 4) is 6.07 Å². The first-order valence-corrected chi connectivity index (χ1v) is 11.4. The Morgan fingerprint density at radius 3 is 2.67 bits per heavy atom. The number of benzene rings is 1. The lowest BCUT2D eigenvalue weighted by atomic mass is 9.85. The van der Waals surface area contributed by atoms with Gasteiger partial charge in [0.1, 0.15) is 28.8 Å². The van der Waals surface area contributed by atoms with Crippen molar-refractivity contribution >= 4 is 22.7 Å². The molecule has 0 spiro atoms. The lowest BCUT2D eigenvalue weighted by Gasteiger charge is -2.39. The van der Waals surface area contributed by atoms with Crippen LogP contribution in [0.5, 0.6) is 0 Å². The van der Waals surface area contributed by atoms with Gasteiger partial charge in [-0.2, -0.15) is 10.2 Å². The molecule has 1 atom stereocenters. The van der Waals surface area contributed by atoms with Crippen molar-refractivity contribution in [3.63, 3.8) is 0 Å². The number of fused-ring (bicyclic) bond motifs is 1. The van der Waals surface area contributed by atoms with E-state index >= 15 is 0 Å². The molecule has 178 valence electrons. The summed E-state index contributed by atoms with van der Waals surface area (Å²) in [6.07, 6.45) is 2.56. The van der Waals surface area contributed by atoms with Crippen molar-refractivity contribution in [1.29, 1.82) is 5.26 Å². The highest BCUT2D eigenvalue weighted by atomic mass is 19.1. The molecule has 2 N–H and O–H groups in total. The second-order valence-corrected chi connectivity index (χ2v) is 9.96. The van der Waals surface area contributed by atoms with Crippen LogP contribution >= 0.6 is 0 Å². The second kappa shape index (κ2) is 9.87.